The Bertz CT molecular complexity index is 2790. The van der Waals surface area contributed by atoms with Crippen molar-refractivity contribution in [1.82, 2.24) is 4.98 Å². The standard InChI is InChI=1S/C45H27NS/c1-2-13-28(14-3-1)39-23-12-24-40(46-39)43-35-20-9-7-18-33(35)42(34-19-8-10-21-36(34)43)29-25-26-41-38(27-29)44-32-17-6-4-15-30(32)31-16-5-11-22-37(31)45(44)47-41/h1-27H. The predicted octanol–water partition coefficient (Wildman–Crippen LogP) is 13.1. The van der Waals surface area contributed by atoms with Crippen LogP contribution in [0.4, 0.5) is 0 Å². The molecule has 0 N–H and O–H groups in total. The van der Waals surface area contributed by atoms with E-state index in [1.165, 1.54) is 80.0 Å². The molecule has 2 heterocycles. The molecule has 0 fully saturated rings. The lowest BCUT2D eigenvalue weighted by molar-refractivity contribution is 1.33. The fourth-order valence-corrected chi connectivity index (χ4v) is 8.86. The molecule has 0 atom stereocenters. The second-order valence-corrected chi connectivity index (χ2v) is 13.3. The summed E-state index contributed by atoms with van der Waals surface area (Å²) in [7, 11) is 0. The van der Waals surface area contributed by atoms with Gasteiger partial charge < -0.3 is 0 Å². The fourth-order valence-electron chi connectivity index (χ4n) is 7.62. The van der Waals surface area contributed by atoms with Crippen LogP contribution in [0.25, 0.3) is 96.9 Å². The summed E-state index contributed by atoms with van der Waals surface area (Å²) in [5.74, 6) is 0. The van der Waals surface area contributed by atoms with Gasteiger partial charge in [-0.05, 0) is 73.1 Å². The molecule has 0 bridgehead atoms. The molecule has 10 rings (SSSR count). The summed E-state index contributed by atoms with van der Waals surface area (Å²) >= 11 is 1.91. The van der Waals surface area contributed by atoms with Crippen LogP contribution < -0.4 is 0 Å². The first-order valence-electron chi connectivity index (χ1n) is 16.1. The molecule has 0 aliphatic carbocycles. The SMILES string of the molecule is c1ccc(-c2cccc(-c3c4ccccc4c(-c4ccc5sc6c7ccccc7c7ccccc7c6c5c4)c4ccccc34)n2)cc1. The number of pyridine rings is 1. The fraction of sp³-hybridized carbons (Fsp3) is 0. The zero-order chi connectivity index (χ0) is 30.9. The third kappa shape index (κ3) is 3.99. The second-order valence-electron chi connectivity index (χ2n) is 12.2. The molecule has 1 nitrogen and oxygen atoms in total. The van der Waals surface area contributed by atoms with Crippen LogP contribution in [0.15, 0.2) is 164 Å². The van der Waals surface area contributed by atoms with E-state index in [2.05, 4.69) is 158 Å². The molecular formula is C45H27NS. The van der Waals surface area contributed by atoms with E-state index >= 15 is 0 Å². The van der Waals surface area contributed by atoms with E-state index < -0.39 is 0 Å². The maximum absolute atomic E-state index is 5.24. The number of nitrogens with zero attached hydrogens (tertiary/aromatic N) is 1. The van der Waals surface area contributed by atoms with Gasteiger partial charge in [0.2, 0.25) is 0 Å². The molecule has 0 saturated carbocycles. The van der Waals surface area contributed by atoms with Crippen LogP contribution in [0, 0.1) is 0 Å². The summed E-state index contributed by atoms with van der Waals surface area (Å²) in [5.41, 5.74) is 6.77. The summed E-state index contributed by atoms with van der Waals surface area (Å²) < 4.78 is 2.68. The van der Waals surface area contributed by atoms with Gasteiger partial charge in [0.1, 0.15) is 0 Å². The zero-order valence-corrected chi connectivity index (χ0v) is 26.3. The van der Waals surface area contributed by atoms with Crippen LogP contribution >= 0.6 is 11.3 Å². The molecule has 218 valence electrons. The average Bonchev–Trinajstić information content (AvgIpc) is 3.54. The van der Waals surface area contributed by atoms with E-state index in [0.29, 0.717) is 0 Å². The third-order valence-corrected chi connectivity index (χ3v) is 10.8. The summed E-state index contributed by atoms with van der Waals surface area (Å²) in [6.07, 6.45) is 0. The van der Waals surface area contributed by atoms with E-state index in [-0.39, 0.29) is 0 Å². The molecule has 2 heteroatoms. The van der Waals surface area contributed by atoms with Crippen LogP contribution in [-0.2, 0) is 0 Å². The Hall–Kier alpha value is -5.83. The number of benzene rings is 8. The van der Waals surface area contributed by atoms with E-state index in [1.807, 2.05) is 17.4 Å². The second kappa shape index (κ2) is 10.3. The van der Waals surface area contributed by atoms with Crippen molar-refractivity contribution < 1.29 is 0 Å². The van der Waals surface area contributed by atoms with Crippen molar-refractivity contribution in [3.63, 3.8) is 0 Å². The molecule has 0 aliphatic rings. The first-order chi connectivity index (χ1) is 23.3. The molecule has 47 heavy (non-hydrogen) atoms. The van der Waals surface area contributed by atoms with Crippen molar-refractivity contribution in [3.8, 4) is 33.6 Å². The molecule has 0 amide bonds. The molecule has 0 radical (unpaired) electrons. The monoisotopic (exact) mass is 613 g/mol. The molecule has 0 spiro atoms. The molecule has 8 aromatic carbocycles. The molecule has 0 aliphatic heterocycles. The largest absolute Gasteiger partial charge is 0.248 e. The average molecular weight is 614 g/mol. The third-order valence-electron chi connectivity index (χ3n) is 9.64. The van der Waals surface area contributed by atoms with Crippen molar-refractivity contribution in [2.45, 2.75) is 0 Å². The van der Waals surface area contributed by atoms with Gasteiger partial charge in [-0.15, -0.1) is 11.3 Å². The highest BCUT2D eigenvalue weighted by Gasteiger charge is 2.19. The summed E-state index contributed by atoms with van der Waals surface area (Å²) in [6.45, 7) is 0. The Kier molecular flexibility index (Phi) is 5.81. The van der Waals surface area contributed by atoms with Crippen molar-refractivity contribution in [2.24, 2.45) is 0 Å². The highest BCUT2D eigenvalue weighted by Crippen LogP contribution is 2.47. The van der Waals surface area contributed by atoms with Crippen LogP contribution in [0.5, 0.6) is 0 Å². The van der Waals surface area contributed by atoms with Gasteiger partial charge in [-0.1, -0.05) is 140 Å². The van der Waals surface area contributed by atoms with Crippen molar-refractivity contribution >= 4 is 74.6 Å². The summed E-state index contributed by atoms with van der Waals surface area (Å²) in [6, 6.07) is 59.4. The van der Waals surface area contributed by atoms with Crippen molar-refractivity contribution in [2.75, 3.05) is 0 Å². The van der Waals surface area contributed by atoms with Gasteiger partial charge in [0.15, 0.2) is 0 Å². The van der Waals surface area contributed by atoms with Gasteiger partial charge in [0.25, 0.3) is 0 Å². The van der Waals surface area contributed by atoms with Crippen LogP contribution in [-0.4, -0.2) is 4.98 Å². The van der Waals surface area contributed by atoms with Gasteiger partial charge in [0, 0.05) is 36.7 Å². The Balaban J connectivity index is 1.28. The lowest BCUT2D eigenvalue weighted by Gasteiger charge is -2.18. The zero-order valence-electron chi connectivity index (χ0n) is 25.4. The van der Waals surface area contributed by atoms with E-state index in [9.17, 15) is 0 Å². The number of rotatable bonds is 3. The quantitative estimate of drug-likeness (QED) is 0.143. The lowest BCUT2D eigenvalue weighted by Crippen LogP contribution is -1.93. The lowest BCUT2D eigenvalue weighted by atomic mass is 9.86. The maximum atomic E-state index is 5.24. The number of hydrogen-bond acceptors (Lipinski definition) is 2. The molecular weight excluding hydrogens is 587 g/mol. The highest BCUT2D eigenvalue weighted by atomic mass is 32.1. The minimum atomic E-state index is 0.981. The minimum Gasteiger partial charge on any atom is -0.248 e. The molecule has 10 aromatic rings. The van der Waals surface area contributed by atoms with E-state index in [0.717, 1.165) is 17.0 Å². The Morgan fingerprint density at radius 2 is 0.872 bits per heavy atom. The smallest absolute Gasteiger partial charge is 0.0722 e. The van der Waals surface area contributed by atoms with Crippen LogP contribution in [0.2, 0.25) is 0 Å². The number of fused-ring (bicyclic) bond motifs is 10. The van der Waals surface area contributed by atoms with Gasteiger partial charge in [-0.3, -0.25) is 0 Å². The Labute approximate surface area is 276 Å². The molecule has 2 aromatic heterocycles. The first-order valence-corrected chi connectivity index (χ1v) is 16.9. The molecule has 0 saturated heterocycles. The van der Waals surface area contributed by atoms with E-state index in [1.54, 1.807) is 0 Å². The first kappa shape index (κ1) is 26.4. The normalized spacial score (nSPS) is 11.8. The Morgan fingerprint density at radius 3 is 1.55 bits per heavy atom. The van der Waals surface area contributed by atoms with Gasteiger partial charge in [0.05, 0.1) is 11.4 Å². The van der Waals surface area contributed by atoms with Crippen LogP contribution in [0.1, 0.15) is 0 Å². The maximum Gasteiger partial charge on any atom is 0.0722 e. The van der Waals surface area contributed by atoms with Gasteiger partial charge in [-0.2, -0.15) is 0 Å². The number of aromatic nitrogens is 1. The minimum absolute atomic E-state index is 0.981. The van der Waals surface area contributed by atoms with Gasteiger partial charge >= 0.3 is 0 Å². The summed E-state index contributed by atoms with van der Waals surface area (Å²) in [4.78, 5) is 5.24. The molecule has 0 unspecified atom stereocenters. The number of hydrogen-bond donors (Lipinski definition) is 0. The van der Waals surface area contributed by atoms with Crippen LogP contribution in [0.3, 0.4) is 0 Å². The number of thiophene rings is 1. The highest BCUT2D eigenvalue weighted by molar-refractivity contribution is 7.27. The predicted molar refractivity (Wildman–Crippen MR) is 203 cm³/mol. The van der Waals surface area contributed by atoms with Crippen molar-refractivity contribution in [1.29, 1.82) is 0 Å². The van der Waals surface area contributed by atoms with Crippen molar-refractivity contribution in [3.05, 3.63) is 164 Å². The van der Waals surface area contributed by atoms with Gasteiger partial charge in [-0.25, -0.2) is 4.98 Å². The summed E-state index contributed by atoms with van der Waals surface area (Å²) in [5, 5.41) is 12.9. The topological polar surface area (TPSA) is 12.9 Å². The van der Waals surface area contributed by atoms with E-state index in [4.69, 9.17) is 4.98 Å². The Morgan fingerprint density at radius 1 is 0.340 bits per heavy atom.